The molecule has 1 aliphatic heterocycles. The van der Waals surface area contributed by atoms with E-state index in [1.807, 2.05) is 4.90 Å². The normalized spacial score (nSPS) is 25.1. The van der Waals surface area contributed by atoms with E-state index >= 15 is 0 Å². The van der Waals surface area contributed by atoms with Crippen LogP contribution in [0.2, 0.25) is 0 Å². The van der Waals surface area contributed by atoms with E-state index in [1.54, 1.807) is 12.1 Å². The largest absolute Gasteiger partial charge is 0.438 e. The predicted octanol–water partition coefficient (Wildman–Crippen LogP) is 4.10. The topological polar surface area (TPSA) is 72.6 Å². The standard InChI is InChI=1S/C21H29FN2O3/c1-15(16-5-3-2-4-6-16)24-14-13-21(27-20(24)26,12-11-19(23)25)17-7-9-18(22)10-8-17/h7-10,15-16H,2-6,11-14H2,1H3,(H2,23,25)/t15-,21?/m0/s1. The molecule has 0 radical (unpaired) electrons. The number of nitrogens with two attached hydrogens (primary N) is 1. The molecule has 6 heteroatoms. The maximum Gasteiger partial charge on any atom is 0.410 e. The fourth-order valence-electron chi connectivity index (χ4n) is 4.51. The van der Waals surface area contributed by atoms with Crippen LogP contribution in [0.4, 0.5) is 9.18 Å². The van der Waals surface area contributed by atoms with Crippen LogP contribution < -0.4 is 5.73 Å². The van der Waals surface area contributed by atoms with Gasteiger partial charge in [-0.25, -0.2) is 9.18 Å². The van der Waals surface area contributed by atoms with Crippen LogP contribution in [0.25, 0.3) is 0 Å². The minimum atomic E-state index is -0.928. The third kappa shape index (κ3) is 4.42. The average Bonchev–Trinajstić information content (AvgIpc) is 2.67. The summed E-state index contributed by atoms with van der Waals surface area (Å²) in [6.07, 6.45) is 6.64. The first-order valence-electron chi connectivity index (χ1n) is 9.95. The number of benzene rings is 1. The van der Waals surface area contributed by atoms with Gasteiger partial charge in [0, 0.05) is 31.8 Å². The Labute approximate surface area is 160 Å². The molecule has 3 rings (SSSR count). The molecule has 1 unspecified atom stereocenters. The van der Waals surface area contributed by atoms with Gasteiger partial charge < -0.3 is 15.4 Å². The number of carbonyl (C=O) groups excluding carboxylic acids is 2. The molecule has 0 spiro atoms. The highest BCUT2D eigenvalue weighted by Gasteiger charge is 2.44. The molecule has 0 aromatic heterocycles. The number of rotatable bonds is 6. The van der Waals surface area contributed by atoms with Crippen molar-refractivity contribution in [1.82, 2.24) is 4.90 Å². The lowest BCUT2D eigenvalue weighted by Gasteiger charge is -2.45. The molecule has 2 fully saturated rings. The number of halogens is 1. The maximum absolute atomic E-state index is 13.4. The molecule has 1 aromatic rings. The molecule has 2 amide bonds. The van der Waals surface area contributed by atoms with Crippen molar-refractivity contribution in [1.29, 1.82) is 0 Å². The average molecular weight is 376 g/mol. The Morgan fingerprint density at radius 2 is 1.96 bits per heavy atom. The van der Waals surface area contributed by atoms with Crippen molar-refractivity contribution >= 4 is 12.0 Å². The van der Waals surface area contributed by atoms with Gasteiger partial charge in [0.1, 0.15) is 11.4 Å². The molecule has 1 aromatic carbocycles. The van der Waals surface area contributed by atoms with E-state index in [2.05, 4.69) is 6.92 Å². The van der Waals surface area contributed by atoms with E-state index in [9.17, 15) is 14.0 Å². The summed E-state index contributed by atoms with van der Waals surface area (Å²) in [5.41, 5.74) is 5.11. The number of primary amides is 1. The number of nitrogens with zero attached hydrogens (tertiary/aromatic N) is 1. The molecule has 1 saturated carbocycles. The van der Waals surface area contributed by atoms with Crippen LogP contribution in [0.3, 0.4) is 0 Å². The van der Waals surface area contributed by atoms with Crippen LogP contribution in [0.1, 0.15) is 63.9 Å². The summed E-state index contributed by atoms with van der Waals surface area (Å²) in [6, 6.07) is 6.10. The van der Waals surface area contributed by atoms with E-state index in [-0.39, 0.29) is 24.4 Å². The van der Waals surface area contributed by atoms with E-state index in [1.165, 1.54) is 31.4 Å². The van der Waals surface area contributed by atoms with Gasteiger partial charge in [0.15, 0.2) is 0 Å². The SMILES string of the molecule is C[C@@H](C1CCCCC1)N1CCC(CCC(N)=O)(c2ccc(F)cc2)OC1=O. The molecule has 1 saturated heterocycles. The molecule has 1 aliphatic carbocycles. The Bertz CT molecular complexity index is 673. The molecule has 0 bridgehead atoms. The van der Waals surface area contributed by atoms with E-state index < -0.39 is 11.5 Å². The summed E-state index contributed by atoms with van der Waals surface area (Å²) in [5.74, 6) is -0.278. The number of cyclic esters (lactones) is 1. The number of hydrogen-bond donors (Lipinski definition) is 1. The van der Waals surface area contributed by atoms with Crippen LogP contribution in [0.5, 0.6) is 0 Å². The molecule has 1 heterocycles. The Morgan fingerprint density at radius 3 is 2.56 bits per heavy atom. The molecule has 2 N–H and O–H groups in total. The lowest BCUT2D eigenvalue weighted by Crippen LogP contribution is -2.53. The van der Waals surface area contributed by atoms with Gasteiger partial charge in [-0.1, -0.05) is 31.4 Å². The van der Waals surface area contributed by atoms with Crippen LogP contribution in [-0.4, -0.2) is 29.5 Å². The van der Waals surface area contributed by atoms with Gasteiger partial charge >= 0.3 is 6.09 Å². The van der Waals surface area contributed by atoms with Crippen molar-refractivity contribution < 1.29 is 18.7 Å². The molecule has 148 valence electrons. The van der Waals surface area contributed by atoms with Gasteiger partial charge in [-0.2, -0.15) is 0 Å². The van der Waals surface area contributed by atoms with E-state index in [0.29, 0.717) is 30.9 Å². The van der Waals surface area contributed by atoms with Gasteiger partial charge in [0.25, 0.3) is 0 Å². The Balaban J connectivity index is 1.77. The van der Waals surface area contributed by atoms with Crippen molar-refractivity contribution in [2.75, 3.05) is 6.54 Å². The highest BCUT2D eigenvalue weighted by Crippen LogP contribution is 2.40. The van der Waals surface area contributed by atoms with Gasteiger partial charge in [0.2, 0.25) is 5.91 Å². The van der Waals surface area contributed by atoms with Crippen LogP contribution in [0, 0.1) is 11.7 Å². The smallest absolute Gasteiger partial charge is 0.410 e. The summed E-state index contributed by atoms with van der Waals surface area (Å²) in [4.78, 5) is 26.1. The van der Waals surface area contributed by atoms with Crippen molar-refractivity contribution in [3.63, 3.8) is 0 Å². The molecule has 5 nitrogen and oxygen atoms in total. The Morgan fingerprint density at radius 1 is 1.30 bits per heavy atom. The molecular weight excluding hydrogens is 347 g/mol. The minimum Gasteiger partial charge on any atom is -0.438 e. The lowest BCUT2D eigenvalue weighted by atomic mass is 9.82. The second kappa shape index (κ2) is 8.28. The third-order valence-electron chi connectivity index (χ3n) is 6.24. The zero-order valence-electron chi connectivity index (χ0n) is 16.0. The summed E-state index contributed by atoms with van der Waals surface area (Å²) < 4.78 is 19.3. The highest BCUT2D eigenvalue weighted by atomic mass is 19.1. The Kier molecular flexibility index (Phi) is 6.02. The number of carbonyl (C=O) groups is 2. The quantitative estimate of drug-likeness (QED) is 0.812. The van der Waals surface area contributed by atoms with Crippen LogP contribution >= 0.6 is 0 Å². The second-order valence-corrected chi connectivity index (χ2v) is 7.92. The second-order valence-electron chi connectivity index (χ2n) is 7.92. The van der Waals surface area contributed by atoms with Gasteiger partial charge in [-0.15, -0.1) is 0 Å². The number of amides is 2. The van der Waals surface area contributed by atoms with E-state index in [4.69, 9.17) is 10.5 Å². The molecule has 2 atom stereocenters. The molecule has 2 aliphatic rings. The van der Waals surface area contributed by atoms with Gasteiger partial charge in [-0.3, -0.25) is 4.79 Å². The van der Waals surface area contributed by atoms with Crippen molar-refractivity contribution in [2.45, 2.75) is 69.9 Å². The van der Waals surface area contributed by atoms with E-state index in [0.717, 1.165) is 12.8 Å². The fourth-order valence-corrected chi connectivity index (χ4v) is 4.51. The van der Waals surface area contributed by atoms with Gasteiger partial charge in [-0.05, 0) is 43.4 Å². The first kappa shape index (κ1) is 19.6. The lowest BCUT2D eigenvalue weighted by molar-refractivity contribution is -0.121. The number of hydrogen-bond acceptors (Lipinski definition) is 3. The first-order chi connectivity index (χ1) is 12.9. The zero-order valence-corrected chi connectivity index (χ0v) is 16.0. The minimum absolute atomic E-state index is 0.114. The summed E-state index contributed by atoms with van der Waals surface area (Å²) in [5, 5.41) is 0. The summed E-state index contributed by atoms with van der Waals surface area (Å²) >= 11 is 0. The summed E-state index contributed by atoms with van der Waals surface area (Å²) in [6.45, 7) is 2.66. The first-order valence-corrected chi connectivity index (χ1v) is 9.95. The maximum atomic E-state index is 13.4. The zero-order chi connectivity index (χ0) is 19.4. The van der Waals surface area contributed by atoms with Crippen molar-refractivity contribution in [3.05, 3.63) is 35.6 Å². The fraction of sp³-hybridized carbons (Fsp3) is 0.619. The van der Waals surface area contributed by atoms with Crippen molar-refractivity contribution in [2.24, 2.45) is 11.7 Å². The predicted molar refractivity (Wildman–Crippen MR) is 100 cm³/mol. The number of ether oxygens (including phenoxy) is 1. The monoisotopic (exact) mass is 376 g/mol. The third-order valence-corrected chi connectivity index (χ3v) is 6.24. The van der Waals surface area contributed by atoms with Gasteiger partial charge in [0.05, 0.1) is 0 Å². The molecular formula is C21H29FN2O3. The molecule has 27 heavy (non-hydrogen) atoms. The highest BCUT2D eigenvalue weighted by molar-refractivity contribution is 5.74. The van der Waals surface area contributed by atoms with Crippen LogP contribution in [0.15, 0.2) is 24.3 Å². The van der Waals surface area contributed by atoms with Crippen LogP contribution in [-0.2, 0) is 15.1 Å². The Hall–Kier alpha value is -2.11. The summed E-state index contributed by atoms with van der Waals surface area (Å²) in [7, 11) is 0. The van der Waals surface area contributed by atoms with Crippen molar-refractivity contribution in [3.8, 4) is 0 Å².